The number of piperidine rings is 1. The number of benzene rings is 2. The van der Waals surface area contributed by atoms with Gasteiger partial charge in [-0.05, 0) is 56.1 Å². The molecule has 1 aliphatic rings. The van der Waals surface area contributed by atoms with E-state index in [9.17, 15) is 9.59 Å². The van der Waals surface area contributed by atoms with Gasteiger partial charge in [-0.25, -0.2) is 0 Å². The fourth-order valence-electron chi connectivity index (χ4n) is 3.19. The lowest BCUT2D eigenvalue weighted by Gasteiger charge is -2.30. The molecule has 5 heteroatoms. The summed E-state index contributed by atoms with van der Waals surface area (Å²) in [6, 6.07) is 16.1. The molecule has 2 aromatic carbocycles. The van der Waals surface area contributed by atoms with Crippen LogP contribution in [0.1, 0.15) is 28.8 Å². The number of amides is 1. The molecule has 0 aromatic heterocycles. The molecule has 0 saturated carbocycles. The highest BCUT2D eigenvalue weighted by Crippen LogP contribution is 2.17. The van der Waals surface area contributed by atoms with E-state index in [1.165, 1.54) is 0 Å². The van der Waals surface area contributed by atoms with E-state index in [1.807, 2.05) is 18.2 Å². The normalized spacial score (nSPS) is 15.6. The molecular formula is C21H24N2O3. The van der Waals surface area contributed by atoms with Gasteiger partial charge in [-0.1, -0.05) is 30.3 Å². The van der Waals surface area contributed by atoms with Crippen molar-refractivity contribution in [1.82, 2.24) is 4.90 Å². The van der Waals surface area contributed by atoms with Crippen LogP contribution in [-0.2, 0) is 4.79 Å². The number of anilines is 1. The Balaban J connectivity index is 1.52. The Hall–Kier alpha value is -2.50. The van der Waals surface area contributed by atoms with Crippen LogP contribution in [0.4, 0.5) is 5.69 Å². The van der Waals surface area contributed by atoms with Gasteiger partial charge in [-0.15, -0.1) is 0 Å². The van der Waals surface area contributed by atoms with Gasteiger partial charge in [0.05, 0.1) is 6.54 Å². The van der Waals surface area contributed by atoms with E-state index in [1.54, 1.807) is 36.4 Å². The summed E-state index contributed by atoms with van der Waals surface area (Å²) in [4.78, 5) is 26.7. The second-order valence-electron chi connectivity index (χ2n) is 6.72. The minimum atomic E-state index is -0.0606. The number of hydrogen-bond donors (Lipinski definition) is 2. The molecule has 0 atom stereocenters. The van der Waals surface area contributed by atoms with E-state index in [-0.39, 0.29) is 18.3 Å². The third-order valence-corrected chi connectivity index (χ3v) is 4.80. The zero-order valence-electron chi connectivity index (χ0n) is 14.7. The van der Waals surface area contributed by atoms with Gasteiger partial charge in [-0.3, -0.25) is 14.5 Å². The standard InChI is InChI=1S/C21H24N2O3/c24-15-16-10-12-23(13-11-16)14-20(25)22-19-8-6-18(7-9-19)21(26)17-4-2-1-3-5-17/h1-9,16,24H,10-15H2,(H,22,25). The first-order valence-electron chi connectivity index (χ1n) is 8.98. The van der Waals surface area contributed by atoms with Gasteiger partial charge in [0.2, 0.25) is 5.91 Å². The molecular weight excluding hydrogens is 328 g/mol. The third-order valence-electron chi connectivity index (χ3n) is 4.80. The lowest BCUT2D eigenvalue weighted by molar-refractivity contribution is -0.117. The van der Waals surface area contributed by atoms with Crippen molar-refractivity contribution in [2.75, 3.05) is 31.6 Å². The summed E-state index contributed by atoms with van der Waals surface area (Å²) in [6.07, 6.45) is 1.86. The summed E-state index contributed by atoms with van der Waals surface area (Å²) >= 11 is 0. The quantitative estimate of drug-likeness (QED) is 0.784. The molecule has 1 fully saturated rings. The first-order valence-corrected chi connectivity index (χ1v) is 8.98. The number of hydrogen-bond acceptors (Lipinski definition) is 4. The van der Waals surface area contributed by atoms with Crippen LogP contribution in [0.2, 0.25) is 0 Å². The maximum absolute atomic E-state index is 12.4. The van der Waals surface area contributed by atoms with Crippen molar-refractivity contribution in [3.05, 3.63) is 65.7 Å². The van der Waals surface area contributed by atoms with E-state index in [0.29, 0.717) is 29.3 Å². The molecule has 0 bridgehead atoms. The number of nitrogens with one attached hydrogen (secondary N) is 1. The Kier molecular flexibility index (Phi) is 6.15. The molecule has 5 nitrogen and oxygen atoms in total. The van der Waals surface area contributed by atoms with Crippen molar-refractivity contribution in [1.29, 1.82) is 0 Å². The monoisotopic (exact) mass is 352 g/mol. The fraction of sp³-hybridized carbons (Fsp3) is 0.333. The van der Waals surface area contributed by atoms with Gasteiger partial charge >= 0.3 is 0 Å². The first kappa shape index (κ1) is 18.3. The highest BCUT2D eigenvalue weighted by atomic mass is 16.3. The number of aliphatic hydroxyl groups excluding tert-OH is 1. The van der Waals surface area contributed by atoms with Crippen molar-refractivity contribution < 1.29 is 14.7 Å². The van der Waals surface area contributed by atoms with Crippen molar-refractivity contribution in [3.8, 4) is 0 Å². The fourth-order valence-corrected chi connectivity index (χ4v) is 3.19. The lowest BCUT2D eigenvalue weighted by atomic mass is 9.98. The average molecular weight is 352 g/mol. The Morgan fingerprint density at radius 1 is 0.962 bits per heavy atom. The van der Waals surface area contributed by atoms with Crippen molar-refractivity contribution in [2.24, 2.45) is 5.92 Å². The van der Waals surface area contributed by atoms with E-state index in [4.69, 9.17) is 5.11 Å². The predicted molar refractivity (Wildman–Crippen MR) is 101 cm³/mol. The number of likely N-dealkylation sites (tertiary alicyclic amines) is 1. The Labute approximate surface area is 153 Å². The Bertz CT molecular complexity index is 736. The van der Waals surface area contributed by atoms with E-state index >= 15 is 0 Å². The lowest BCUT2D eigenvalue weighted by Crippen LogP contribution is -2.39. The Morgan fingerprint density at radius 3 is 2.19 bits per heavy atom. The van der Waals surface area contributed by atoms with Gasteiger partial charge in [0.15, 0.2) is 5.78 Å². The summed E-state index contributed by atoms with van der Waals surface area (Å²) < 4.78 is 0. The SMILES string of the molecule is O=C(CN1CCC(CO)CC1)Nc1ccc(C(=O)c2ccccc2)cc1. The average Bonchev–Trinajstić information content (AvgIpc) is 2.69. The highest BCUT2D eigenvalue weighted by molar-refractivity contribution is 6.09. The summed E-state index contributed by atoms with van der Waals surface area (Å²) in [5.74, 6) is 0.272. The van der Waals surface area contributed by atoms with Crippen LogP contribution in [-0.4, -0.2) is 47.9 Å². The zero-order valence-corrected chi connectivity index (χ0v) is 14.7. The molecule has 0 aliphatic carbocycles. The molecule has 26 heavy (non-hydrogen) atoms. The minimum absolute atomic E-state index is 0.0322. The molecule has 0 unspecified atom stereocenters. The van der Waals surface area contributed by atoms with E-state index in [0.717, 1.165) is 25.9 Å². The maximum Gasteiger partial charge on any atom is 0.238 e. The number of carbonyl (C=O) groups excluding carboxylic acids is 2. The topological polar surface area (TPSA) is 69.6 Å². The van der Waals surface area contributed by atoms with Crippen molar-refractivity contribution in [2.45, 2.75) is 12.8 Å². The van der Waals surface area contributed by atoms with Crippen LogP contribution in [0.15, 0.2) is 54.6 Å². The molecule has 1 heterocycles. The van der Waals surface area contributed by atoms with E-state index in [2.05, 4.69) is 10.2 Å². The summed E-state index contributed by atoms with van der Waals surface area (Å²) in [6.45, 7) is 2.25. The molecule has 1 aliphatic heterocycles. The second-order valence-corrected chi connectivity index (χ2v) is 6.72. The van der Waals surface area contributed by atoms with Gasteiger partial charge in [0, 0.05) is 23.4 Å². The first-order chi connectivity index (χ1) is 12.7. The van der Waals surface area contributed by atoms with Crippen molar-refractivity contribution >= 4 is 17.4 Å². The Morgan fingerprint density at radius 2 is 1.58 bits per heavy atom. The zero-order chi connectivity index (χ0) is 18.4. The summed E-state index contributed by atoms with van der Waals surface area (Å²) in [5.41, 5.74) is 1.93. The number of carbonyl (C=O) groups is 2. The van der Waals surface area contributed by atoms with Gasteiger partial charge in [0.1, 0.15) is 0 Å². The summed E-state index contributed by atoms with van der Waals surface area (Å²) in [5, 5.41) is 12.0. The molecule has 2 N–H and O–H groups in total. The van der Waals surface area contributed by atoms with Crippen molar-refractivity contribution in [3.63, 3.8) is 0 Å². The molecule has 1 saturated heterocycles. The summed E-state index contributed by atoms with van der Waals surface area (Å²) in [7, 11) is 0. The highest BCUT2D eigenvalue weighted by Gasteiger charge is 2.20. The van der Waals surface area contributed by atoms with E-state index < -0.39 is 0 Å². The number of aliphatic hydroxyl groups is 1. The molecule has 0 radical (unpaired) electrons. The maximum atomic E-state index is 12.4. The number of ketones is 1. The van der Waals surface area contributed by atoms with Crippen LogP contribution in [0.25, 0.3) is 0 Å². The molecule has 3 rings (SSSR count). The third kappa shape index (κ3) is 4.77. The van der Waals surface area contributed by atoms with Gasteiger partial charge < -0.3 is 10.4 Å². The largest absolute Gasteiger partial charge is 0.396 e. The second kappa shape index (κ2) is 8.74. The molecule has 2 aromatic rings. The van der Waals surface area contributed by atoms with Gasteiger partial charge in [-0.2, -0.15) is 0 Å². The van der Waals surface area contributed by atoms with Crippen LogP contribution in [0.3, 0.4) is 0 Å². The van der Waals surface area contributed by atoms with Crippen LogP contribution in [0, 0.1) is 5.92 Å². The smallest absolute Gasteiger partial charge is 0.238 e. The minimum Gasteiger partial charge on any atom is -0.396 e. The molecule has 136 valence electrons. The van der Waals surface area contributed by atoms with Crippen LogP contribution >= 0.6 is 0 Å². The molecule has 0 spiro atoms. The number of rotatable bonds is 6. The number of nitrogens with zero attached hydrogens (tertiary/aromatic N) is 1. The predicted octanol–water partition coefficient (Wildman–Crippen LogP) is 2.56. The van der Waals surface area contributed by atoms with Crippen LogP contribution < -0.4 is 5.32 Å². The molecule has 1 amide bonds. The van der Waals surface area contributed by atoms with Crippen LogP contribution in [0.5, 0.6) is 0 Å². The van der Waals surface area contributed by atoms with Gasteiger partial charge in [0.25, 0.3) is 0 Å².